The summed E-state index contributed by atoms with van der Waals surface area (Å²) in [6.45, 7) is 4.07. The molecule has 2 atom stereocenters. The molecule has 1 aromatic carbocycles. The van der Waals surface area contributed by atoms with E-state index in [2.05, 4.69) is 31.0 Å². The second-order valence-electron chi connectivity index (χ2n) is 4.82. The molecule has 1 N–H and O–H groups in total. The fraction of sp³-hybridized carbons (Fsp3) is 0.571. The third kappa shape index (κ3) is 3.06. The van der Waals surface area contributed by atoms with Gasteiger partial charge in [0.2, 0.25) is 0 Å². The first-order valence-corrected chi connectivity index (χ1v) is 6.21. The SMILES string of the molecule is CC1OCCC1N(C)Cc1ccc(CO)cc1. The predicted molar refractivity (Wildman–Crippen MR) is 67.7 cm³/mol. The molecule has 0 aliphatic carbocycles. The number of hydrogen-bond donors (Lipinski definition) is 1. The third-order valence-electron chi connectivity index (χ3n) is 3.54. The van der Waals surface area contributed by atoms with Crippen molar-refractivity contribution in [3.8, 4) is 0 Å². The van der Waals surface area contributed by atoms with Crippen molar-refractivity contribution in [2.75, 3.05) is 13.7 Å². The van der Waals surface area contributed by atoms with Crippen molar-refractivity contribution >= 4 is 0 Å². The maximum absolute atomic E-state index is 8.99. The molecule has 94 valence electrons. The van der Waals surface area contributed by atoms with E-state index >= 15 is 0 Å². The number of aliphatic hydroxyl groups excluding tert-OH is 1. The van der Waals surface area contributed by atoms with Gasteiger partial charge in [-0.2, -0.15) is 0 Å². The lowest BCUT2D eigenvalue weighted by Gasteiger charge is -2.26. The number of benzene rings is 1. The molecule has 0 saturated carbocycles. The van der Waals surface area contributed by atoms with Crippen molar-refractivity contribution in [3.63, 3.8) is 0 Å². The van der Waals surface area contributed by atoms with E-state index in [0.717, 1.165) is 25.1 Å². The van der Waals surface area contributed by atoms with Crippen LogP contribution in [-0.4, -0.2) is 35.8 Å². The Hall–Kier alpha value is -0.900. The number of hydrogen-bond acceptors (Lipinski definition) is 3. The van der Waals surface area contributed by atoms with Crippen LogP contribution in [0.5, 0.6) is 0 Å². The maximum Gasteiger partial charge on any atom is 0.0703 e. The highest BCUT2D eigenvalue weighted by Crippen LogP contribution is 2.20. The molecule has 2 rings (SSSR count). The number of likely N-dealkylation sites (N-methyl/N-ethyl adjacent to an activating group) is 1. The fourth-order valence-electron chi connectivity index (χ4n) is 2.45. The van der Waals surface area contributed by atoms with Crippen LogP contribution in [0.4, 0.5) is 0 Å². The Bertz CT molecular complexity index is 350. The summed E-state index contributed by atoms with van der Waals surface area (Å²) in [5.74, 6) is 0. The summed E-state index contributed by atoms with van der Waals surface area (Å²) in [5.41, 5.74) is 2.25. The molecule has 0 radical (unpaired) electrons. The molecule has 0 spiro atoms. The maximum atomic E-state index is 8.99. The number of aliphatic hydroxyl groups is 1. The molecule has 1 aliphatic rings. The van der Waals surface area contributed by atoms with Crippen LogP contribution in [0.25, 0.3) is 0 Å². The molecule has 1 aliphatic heterocycles. The first kappa shape index (κ1) is 12.6. The Labute approximate surface area is 103 Å². The molecular weight excluding hydrogens is 214 g/mol. The lowest BCUT2D eigenvalue weighted by atomic mass is 10.1. The first-order valence-electron chi connectivity index (χ1n) is 6.21. The molecule has 1 aromatic rings. The summed E-state index contributed by atoms with van der Waals surface area (Å²) < 4.78 is 5.59. The second kappa shape index (κ2) is 5.63. The second-order valence-corrected chi connectivity index (χ2v) is 4.82. The smallest absolute Gasteiger partial charge is 0.0703 e. The highest BCUT2D eigenvalue weighted by molar-refractivity contribution is 5.21. The number of nitrogens with zero attached hydrogens (tertiary/aromatic N) is 1. The Morgan fingerprint density at radius 3 is 2.47 bits per heavy atom. The molecular formula is C14H21NO2. The number of ether oxygens (including phenoxy) is 1. The monoisotopic (exact) mass is 235 g/mol. The molecule has 17 heavy (non-hydrogen) atoms. The van der Waals surface area contributed by atoms with Crippen molar-refractivity contribution in [2.45, 2.75) is 38.6 Å². The van der Waals surface area contributed by atoms with Gasteiger partial charge in [-0.3, -0.25) is 4.90 Å². The average molecular weight is 235 g/mol. The zero-order valence-electron chi connectivity index (χ0n) is 10.6. The largest absolute Gasteiger partial charge is 0.392 e. The van der Waals surface area contributed by atoms with E-state index in [1.165, 1.54) is 5.56 Å². The standard InChI is InChI=1S/C14H21NO2/c1-11-14(7-8-17-11)15(2)9-12-3-5-13(10-16)6-4-12/h3-6,11,14,16H,7-10H2,1-2H3. The molecule has 3 heteroatoms. The Balaban J connectivity index is 1.95. The van der Waals surface area contributed by atoms with Gasteiger partial charge in [-0.05, 0) is 31.5 Å². The van der Waals surface area contributed by atoms with Gasteiger partial charge in [-0.15, -0.1) is 0 Å². The van der Waals surface area contributed by atoms with Crippen LogP contribution in [0.3, 0.4) is 0 Å². The van der Waals surface area contributed by atoms with Gasteiger partial charge in [-0.1, -0.05) is 24.3 Å². The van der Waals surface area contributed by atoms with E-state index in [-0.39, 0.29) is 6.61 Å². The third-order valence-corrected chi connectivity index (χ3v) is 3.54. The summed E-state index contributed by atoms with van der Waals surface area (Å²) in [4.78, 5) is 2.35. The summed E-state index contributed by atoms with van der Waals surface area (Å²) >= 11 is 0. The average Bonchev–Trinajstić information content (AvgIpc) is 2.76. The lowest BCUT2D eigenvalue weighted by molar-refractivity contribution is 0.0814. The molecule has 1 fully saturated rings. The fourth-order valence-corrected chi connectivity index (χ4v) is 2.45. The lowest BCUT2D eigenvalue weighted by Crippen LogP contribution is -2.36. The topological polar surface area (TPSA) is 32.7 Å². The van der Waals surface area contributed by atoms with Gasteiger partial charge >= 0.3 is 0 Å². The van der Waals surface area contributed by atoms with Gasteiger partial charge < -0.3 is 9.84 Å². The van der Waals surface area contributed by atoms with Crippen LogP contribution < -0.4 is 0 Å². The van der Waals surface area contributed by atoms with E-state index < -0.39 is 0 Å². The summed E-state index contributed by atoms with van der Waals surface area (Å²) in [6, 6.07) is 8.66. The zero-order valence-corrected chi connectivity index (χ0v) is 10.6. The molecule has 3 nitrogen and oxygen atoms in total. The predicted octanol–water partition coefficient (Wildman–Crippen LogP) is 1.79. The van der Waals surface area contributed by atoms with Gasteiger partial charge in [0.05, 0.1) is 12.7 Å². The molecule has 0 amide bonds. The molecule has 1 heterocycles. The Morgan fingerprint density at radius 2 is 1.94 bits per heavy atom. The van der Waals surface area contributed by atoms with Crippen molar-refractivity contribution in [2.24, 2.45) is 0 Å². The minimum absolute atomic E-state index is 0.115. The van der Waals surface area contributed by atoms with Gasteiger partial charge in [0.1, 0.15) is 0 Å². The first-order chi connectivity index (χ1) is 8.20. The minimum atomic E-state index is 0.115. The van der Waals surface area contributed by atoms with E-state index in [1.807, 2.05) is 12.1 Å². The van der Waals surface area contributed by atoms with E-state index in [4.69, 9.17) is 9.84 Å². The van der Waals surface area contributed by atoms with E-state index in [9.17, 15) is 0 Å². The molecule has 1 saturated heterocycles. The van der Waals surface area contributed by atoms with Crippen LogP contribution in [-0.2, 0) is 17.9 Å². The van der Waals surface area contributed by atoms with Gasteiger partial charge in [0.15, 0.2) is 0 Å². The molecule has 0 bridgehead atoms. The van der Waals surface area contributed by atoms with Crippen molar-refractivity contribution in [1.29, 1.82) is 0 Å². The van der Waals surface area contributed by atoms with Crippen molar-refractivity contribution in [1.82, 2.24) is 4.90 Å². The molecule has 2 unspecified atom stereocenters. The molecule has 0 aromatic heterocycles. The quantitative estimate of drug-likeness (QED) is 0.863. The van der Waals surface area contributed by atoms with E-state index in [1.54, 1.807) is 0 Å². The normalized spacial score (nSPS) is 24.5. The number of rotatable bonds is 4. The van der Waals surface area contributed by atoms with E-state index in [0.29, 0.717) is 12.1 Å². The van der Waals surface area contributed by atoms with Crippen LogP contribution in [0.1, 0.15) is 24.5 Å². The van der Waals surface area contributed by atoms with Gasteiger partial charge in [-0.25, -0.2) is 0 Å². The van der Waals surface area contributed by atoms with Gasteiger partial charge in [0.25, 0.3) is 0 Å². The summed E-state index contributed by atoms with van der Waals surface area (Å²) in [6.07, 6.45) is 1.45. The zero-order chi connectivity index (χ0) is 12.3. The Kier molecular flexibility index (Phi) is 4.15. The minimum Gasteiger partial charge on any atom is -0.392 e. The van der Waals surface area contributed by atoms with Gasteiger partial charge in [0, 0.05) is 19.2 Å². The van der Waals surface area contributed by atoms with Crippen LogP contribution in [0, 0.1) is 0 Å². The van der Waals surface area contributed by atoms with Crippen molar-refractivity contribution in [3.05, 3.63) is 35.4 Å². The highest BCUT2D eigenvalue weighted by atomic mass is 16.5. The van der Waals surface area contributed by atoms with Crippen LogP contribution in [0.2, 0.25) is 0 Å². The van der Waals surface area contributed by atoms with Crippen LogP contribution >= 0.6 is 0 Å². The summed E-state index contributed by atoms with van der Waals surface area (Å²) in [7, 11) is 2.15. The van der Waals surface area contributed by atoms with Crippen molar-refractivity contribution < 1.29 is 9.84 Å². The highest BCUT2D eigenvalue weighted by Gasteiger charge is 2.27. The Morgan fingerprint density at radius 1 is 1.29 bits per heavy atom. The summed E-state index contributed by atoms with van der Waals surface area (Å²) in [5, 5.41) is 8.99. The van der Waals surface area contributed by atoms with Crippen LogP contribution in [0.15, 0.2) is 24.3 Å².